The quantitative estimate of drug-likeness (QED) is 0.916. The van der Waals surface area contributed by atoms with Crippen molar-refractivity contribution in [1.29, 1.82) is 0 Å². The van der Waals surface area contributed by atoms with Gasteiger partial charge in [0.05, 0.1) is 25.0 Å². The molecule has 0 aliphatic carbocycles. The monoisotopic (exact) mass is 301 g/mol. The second-order valence-corrected chi connectivity index (χ2v) is 5.12. The molecule has 0 saturated carbocycles. The maximum absolute atomic E-state index is 12.1. The van der Waals surface area contributed by atoms with Gasteiger partial charge < -0.3 is 14.8 Å². The van der Waals surface area contributed by atoms with Crippen LogP contribution in [0.15, 0.2) is 36.7 Å². The number of carbonyl (C=O) groups is 1. The zero-order valence-electron chi connectivity index (χ0n) is 12.5. The number of carbonyl (C=O) groups excluding carboxylic acids is 1. The largest absolute Gasteiger partial charge is 0.493 e. The number of aryl methyl sites for hydroxylation is 1. The Morgan fingerprint density at radius 3 is 3.18 bits per heavy atom. The lowest BCUT2D eigenvalue weighted by molar-refractivity contribution is -0.124. The van der Waals surface area contributed by atoms with Gasteiger partial charge in [-0.05, 0) is 13.0 Å². The Balaban J connectivity index is 1.56. The van der Waals surface area contributed by atoms with Gasteiger partial charge in [0.15, 0.2) is 12.4 Å². The lowest BCUT2D eigenvalue weighted by Gasteiger charge is -2.26. The van der Waals surface area contributed by atoms with Crippen LogP contribution in [0.1, 0.15) is 24.9 Å². The number of benzene rings is 1. The molecule has 0 bridgehead atoms. The predicted molar refractivity (Wildman–Crippen MR) is 80.8 cm³/mol. The molecule has 6 nitrogen and oxygen atoms in total. The molecular weight excluding hydrogens is 282 g/mol. The van der Waals surface area contributed by atoms with Crippen molar-refractivity contribution in [3.8, 4) is 11.5 Å². The van der Waals surface area contributed by atoms with Gasteiger partial charge in [-0.1, -0.05) is 18.2 Å². The van der Waals surface area contributed by atoms with Crippen LogP contribution in [0, 0.1) is 0 Å². The Bertz CT molecular complexity index is 654. The maximum atomic E-state index is 12.1. The Hall–Kier alpha value is -2.50. The van der Waals surface area contributed by atoms with Crippen LogP contribution in [0.25, 0.3) is 0 Å². The molecule has 1 aliphatic rings. The summed E-state index contributed by atoms with van der Waals surface area (Å²) in [5, 5.41) is 7.10. The summed E-state index contributed by atoms with van der Waals surface area (Å²) in [6, 6.07) is 7.74. The van der Waals surface area contributed by atoms with Gasteiger partial charge in [-0.2, -0.15) is 5.10 Å². The number of fused-ring (bicyclic) bond motifs is 1. The zero-order valence-corrected chi connectivity index (χ0v) is 12.5. The fourth-order valence-electron chi connectivity index (χ4n) is 2.47. The van der Waals surface area contributed by atoms with Gasteiger partial charge in [0, 0.05) is 18.5 Å². The highest BCUT2D eigenvalue weighted by atomic mass is 16.5. The van der Waals surface area contributed by atoms with Crippen LogP contribution in [-0.4, -0.2) is 28.9 Å². The average molecular weight is 301 g/mol. The topological polar surface area (TPSA) is 65.4 Å². The summed E-state index contributed by atoms with van der Waals surface area (Å²) in [4.78, 5) is 12.1. The van der Waals surface area contributed by atoms with Crippen molar-refractivity contribution < 1.29 is 14.3 Å². The molecular formula is C16H19N3O3. The Morgan fingerprint density at radius 1 is 1.50 bits per heavy atom. The molecule has 22 heavy (non-hydrogen) atoms. The molecule has 1 aliphatic heterocycles. The molecule has 6 heteroatoms. The van der Waals surface area contributed by atoms with Crippen molar-refractivity contribution in [3.63, 3.8) is 0 Å². The average Bonchev–Trinajstić information content (AvgIpc) is 3.01. The van der Waals surface area contributed by atoms with Crippen molar-refractivity contribution in [2.75, 3.05) is 13.2 Å². The molecule has 2 aromatic rings. The van der Waals surface area contributed by atoms with E-state index < -0.39 is 0 Å². The first-order chi connectivity index (χ1) is 10.8. The van der Waals surface area contributed by atoms with E-state index in [0.29, 0.717) is 12.4 Å². The molecule has 1 atom stereocenters. The molecule has 2 heterocycles. The van der Waals surface area contributed by atoms with Crippen LogP contribution in [0.3, 0.4) is 0 Å². The van der Waals surface area contributed by atoms with Gasteiger partial charge in [0.2, 0.25) is 0 Å². The standard InChI is InChI=1S/C16H19N3O3/c1-2-19-10-12(9-17-19)22-11-16(20)18-14-7-8-21-15-6-4-3-5-13(14)15/h3-6,9-10,14H,2,7-8,11H2,1H3,(H,18,20)/t14-/m0/s1. The van der Waals surface area contributed by atoms with Crippen LogP contribution in [0.5, 0.6) is 11.5 Å². The minimum Gasteiger partial charge on any atom is -0.493 e. The lowest BCUT2D eigenvalue weighted by atomic mass is 10.0. The third-order valence-electron chi connectivity index (χ3n) is 3.60. The SMILES string of the molecule is CCn1cc(OCC(=O)N[C@H]2CCOc3ccccc32)cn1. The number of ether oxygens (including phenoxy) is 2. The normalized spacial score (nSPS) is 16.5. The third-order valence-corrected chi connectivity index (χ3v) is 3.60. The van der Waals surface area contributed by atoms with Crippen molar-refractivity contribution >= 4 is 5.91 Å². The maximum Gasteiger partial charge on any atom is 0.258 e. The van der Waals surface area contributed by atoms with Crippen molar-refractivity contribution in [3.05, 3.63) is 42.2 Å². The van der Waals surface area contributed by atoms with Gasteiger partial charge in [-0.15, -0.1) is 0 Å². The fraction of sp³-hybridized carbons (Fsp3) is 0.375. The first kappa shape index (κ1) is 14.4. The van der Waals surface area contributed by atoms with E-state index in [-0.39, 0.29) is 18.6 Å². The highest BCUT2D eigenvalue weighted by Crippen LogP contribution is 2.31. The molecule has 0 fully saturated rings. The van der Waals surface area contributed by atoms with E-state index in [1.807, 2.05) is 31.2 Å². The van der Waals surface area contributed by atoms with Crippen molar-refractivity contribution in [2.24, 2.45) is 0 Å². The highest BCUT2D eigenvalue weighted by molar-refractivity contribution is 5.78. The number of hydrogen-bond acceptors (Lipinski definition) is 4. The number of hydrogen-bond donors (Lipinski definition) is 1. The molecule has 1 amide bonds. The molecule has 0 radical (unpaired) electrons. The van der Waals surface area contributed by atoms with Crippen LogP contribution in [0.2, 0.25) is 0 Å². The van der Waals surface area contributed by atoms with Crippen molar-refractivity contribution in [1.82, 2.24) is 15.1 Å². The summed E-state index contributed by atoms with van der Waals surface area (Å²) in [5.41, 5.74) is 1.01. The van der Waals surface area contributed by atoms with E-state index in [0.717, 1.165) is 24.3 Å². The van der Waals surface area contributed by atoms with E-state index in [2.05, 4.69) is 10.4 Å². The van der Waals surface area contributed by atoms with Crippen LogP contribution >= 0.6 is 0 Å². The van der Waals surface area contributed by atoms with Gasteiger partial charge in [0.25, 0.3) is 5.91 Å². The Labute approximate surface area is 129 Å². The first-order valence-corrected chi connectivity index (χ1v) is 7.42. The predicted octanol–water partition coefficient (Wildman–Crippen LogP) is 1.92. The van der Waals surface area contributed by atoms with E-state index in [4.69, 9.17) is 9.47 Å². The van der Waals surface area contributed by atoms with E-state index in [1.165, 1.54) is 0 Å². The molecule has 1 aromatic heterocycles. The number of amides is 1. The van der Waals surface area contributed by atoms with E-state index >= 15 is 0 Å². The summed E-state index contributed by atoms with van der Waals surface area (Å²) in [6.45, 7) is 3.35. The minimum absolute atomic E-state index is 0.0189. The van der Waals surface area contributed by atoms with Crippen LogP contribution in [0.4, 0.5) is 0 Å². The summed E-state index contributed by atoms with van der Waals surface area (Å²) >= 11 is 0. The zero-order chi connectivity index (χ0) is 15.4. The summed E-state index contributed by atoms with van der Waals surface area (Å²) in [7, 11) is 0. The number of aromatic nitrogens is 2. The Kier molecular flexibility index (Phi) is 4.27. The van der Waals surface area contributed by atoms with E-state index in [9.17, 15) is 4.79 Å². The fourth-order valence-corrected chi connectivity index (χ4v) is 2.47. The number of rotatable bonds is 5. The lowest BCUT2D eigenvalue weighted by Crippen LogP contribution is -2.35. The molecule has 1 aromatic carbocycles. The number of para-hydroxylation sites is 1. The second kappa shape index (κ2) is 6.51. The van der Waals surface area contributed by atoms with Crippen LogP contribution < -0.4 is 14.8 Å². The summed E-state index contributed by atoms with van der Waals surface area (Å²) < 4.78 is 12.8. The van der Waals surface area contributed by atoms with Gasteiger partial charge in [-0.25, -0.2) is 0 Å². The molecule has 0 spiro atoms. The van der Waals surface area contributed by atoms with Gasteiger partial charge in [-0.3, -0.25) is 9.48 Å². The molecule has 116 valence electrons. The summed E-state index contributed by atoms with van der Waals surface area (Å²) in [5.74, 6) is 1.29. The first-order valence-electron chi connectivity index (χ1n) is 7.42. The molecule has 3 rings (SSSR count). The van der Waals surface area contributed by atoms with E-state index in [1.54, 1.807) is 17.1 Å². The van der Waals surface area contributed by atoms with Crippen LogP contribution in [-0.2, 0) is 11.3 Å². The highest BCUT2D eigenvalue weighted by Gasteiger charge is 2.22. The molecule has 1 N–H and O–H groups in total. The summed E-state index contributed by atoms with van der Waals surface area (Å²) in [6.07, 6.45) is 4.15. The van der Waals surface area contributed by atoms with Gasteiger partial charge in [0.1, 0.15) is 5.75 Å². The Morgan fingerprint density at radius 2 is 2.36 bits per heavy atom. The second-order valence-electron chi connectivity index (χ2n) is 5.12. The molecule has 0 unspecified atom stereocenters. The number of nitrogens with zero attached hydrogens (tertiary/aromatic N) is 2. The number of nitrogens with one attached hydrogen (secondary N) is 1. The smallest absolute Gasteiger partial charge is 0.258 e. The van der Waals surface area contributed by atoms with Crippen molar-refractivity contribution in [2.45, 2.75) is 25.9 Å². The van der Waals surface area contributed by atoms with Gasteiger partial charge >= 0.3 is 0 Å². The molecule has 0 saturated heterocycles. The third kappa shape index (κ3) is 3.21. The minimum atomic E-state index is -0.147.